The van der Waals surface area contributed by atoms with Gasteiger partial charge in [0.25, 0.3) is 0 Å². The van der Waals surface area contributed by atoms with E-state index in [-0.39, 0.29) is 5.91 Å². The summed E-state index contributed by atoms with van der Waals surface area (Å²) in [5.74, 6) is 0.0706. The summed E-state index contributed by atoms with van der Waals surface area (Å²) >= 11 is 0. The lowest BCUT2D eigenvalue weighted by atomic mass is 10.1. The SMILES string of the molecule is C/C(=C\C(C)C)C(N)=O. The molecule has 2 nitrogen and oxygen atoms in total. The molecule has 0 unspecified atom stereocenters. The predicted octanol–water partition coefficient (Wildman–Crippen LogP) is 1.07. The minimum Gasteiger partial charge on any atom is -0.366 e. The second kappa shape index (κ2) is 3.28. The van der Waals surface area contributed by atoms with Gasteiger partial charge in [0.1, 0.15) is 0 Å². The Morgan fingerprint density at radius 2 is 2.00 bits per heavy atom. The first-order chi connectivity index (χ1) is 4.04. The topological polar surface area (TPSA) is 43.1 Å². The minimum absolute atomic E-state index is 0.330. The van der Waals surface area contributed by atoms with Gasteiger partial charge < -0.3 is 5.73 Å². The minimum atomic E-state index is -0.330. The van der Waals surface area contributed by atoms with Crippen molar-refractivity contribution >= 4 is 5.91 Å². The highest BCUT2D eigenvalue weighted by molar-refractivity contribution is 5.91. The van der Waals surface area contributed by atoms with E-state index in [0.717, 1.165) is 0 Å². The normalized spacial score (nSPS) is 12.2. The fraction of sp³-hybridized carbons (Fsp3) is 0.571. The van der Waals surface area contributed by atoms with Crippen molar-refractivity contribution in [1.29, 1.82) is 0 Å². The molecule has 0 heterocycles. The molecule has 0 aromatic heterocycles. The number of amides is 1. The average Bonchev–Trinajstić information content (AvgIpc) is 1.63. The van der Waals surface area contributed by atoms with E-state index in [2.05, 4.69) is 0 Å². The largest absolute Gasteiger partial charge is 0.366 e. The highest BCUT2D eigenvalue weighted by Gasteiger charge is 1.96. The van der Waals surface area contributed by atoms with Gasteiger partial charge in [-0.25, -0.2) is 0 Å². The van der Waals surface area contributed by atoms with Crippen LogP contribution >= 0.6 is 0 Å². The third-order valence-corrected chi connectivity index (χ3v) is 0.972. The maximum absolute atomic E-state index is 10.4. The lowest BCUT2D eigenvalue weighted by Crippen LogP contribution is -2.12. The molecule has 2 heteroatoms. The van der Waals surface area contributed by atoms with E-state index in [4.69, 9.17) is 5.73 Å². The number of carbonyl (C=O) groups is 1. The van der Waals surface area contributed by atoms with Crippen molar-refractivity contribution in [1.82, 2.24) is 0 Å². The van der Waals surface area contributed by atoms with Gasteiger partial charge in [-0.1, -0.05) is 19.9 Å². The van der Waals surface area contributed by atoms with Crippen molar-refractivity contribution in [3.05, 3.63) is 11.6 Å². The molecule has 0 aliphatic carbocycles. The maximum Gasteiger partial charge on any atom is 0.244 e. The number of carbonyl (C=O) groups excluding carboxylic acids is 1. The van der Waals surface area contributed by atoms with Crippen LogP contribution in [0.15, 0.2) is 11.6 Å². The van der Waals surface area contributed by atoms with Crippen molar-refractivity contribution in [2.45, 2.75) is 20.8 Å². The van der Waals surface area contributed by atoms with Crippen molar-refractivity contribution in [2.75, 3.05) is 0 Å². The molecule has 0 spiro atoms. The first kappa shape index (κ1) is 8.21. The zero-order valence-corrected chi connectivity index (χ0v) is 6.14. The fourth-order valence-corrected chi connectivity index (χ4v) is 0.582. The number of nitrogens with two attached hydrogens (primary N) is 1. The Morgan fingerprint density at radius 3 is 2.11 bits per heavy atom. The Morgan fingerprint density at radius 1 is 1.56 bits per heavy atom. The van der Waals surface area contributed by atoms with Crippen LogP contribution in [0.5, 0.6) is 0 Å². The average molecular weight is 127 g/mol. The number of allylic oxidation sites excluding steroid dienone is 1. The summed E-state index contributed by atoms with van der Waals surface area (Å²) in [6.45, 7) is 5.74. The molecule has 0 aliphatic rings. The van der Waals surface area contributed by atoms with Crippen LogP contribution in [-0.2, 0) is 4.79 Å². The summed E-state index contributed by atoms with van der Waals surface area (Å²) in [6.07, 6.45) is 1.85. The molecule has 9 heavy (non-hydrogen) atoms. The van der Waals surface area contributed by atoms with Crippen LogP contribution in [0.25, 0.3) is 0 Å². The molecule has 0 rings (SSSR count). The lowest BCUT2D eigenvalue weighted by molar-refractivity contribution is -0.114. The summed E-state index contributed by atoms with van der Waals surface area (Å²) in [7, 11) is 0. The molecule has 2 N–H and O–H groups in total. The monoisotopic (exact) mass is 127 g/mol. The fourth-order valence-electron chi connectivity index (χ4n) is 0.582. The Bertz CT molecular complexity index is 136. The van der Waals surface area contributed by atoms with Crippen LogP contribution in [0, 0.1) is 5.92 Å². The smallest absolute Gasteiger partial charge is 0.244 e. The van der Waals surface area contributed by atoms with Crippen LogP contribution in [0.4, 0.5) is 0 Å². The summed E-state index contributed by atoms with van der Waals surface area (Å²) in [4.78, 5) is 10.4. The van der Waals surface area contributed by atoms with Crippen LogP contribution in [0.1, 0.15) is 20.8 Å². The molecule has 0 atom stereocenters. The number of primary amides is 1. The van der Waals surface area contributed by atoms with Gasteiger partial charge >= 0.3 is 0 Å². The third kappa shape index (κ3) is 3.76. The Kier molecular flexibility index (Phi) is 2.99. The second-order valence-corrected chi connectivity index (χ2v) is 2.46. The van der Waals surface area contributed by atoms with Crippen molar-refractivity contribution in [2.24, 2.45) is 11.7 Å². The van der Waals surface area contributed by atoms with E-state index < -0.39 is 0 Å². The van der Waals surface area contributed by atoms with Gasteiger partial charge in [-0.3, -0.25) is 4.79 Å². The number of hydrogen-bond acceptors (Lipinski definition) is 1. The van der Waals surface area contributed by atoms with Gasteiger partial charge in [0.05, 0.1) is 0 Å². The summed E-state index contributed by atoms with van der Waals surface area (Å²) in [5, 5.41) is 0. The maximum atomic E-state index is 10.4. The highest BCUT2D eigenvalue weighted by Crippen LogP contribution is 1.99. The molecule has 0 saturated carbocycles. The van der Waals surface area contributed by atoms with E-state index in [1.165, 1.54) is 0 Å². The lowest BCUT2D eigenvalue weighted by Gasteiger charge is -1.96. The zero-order valence-electron chi connectivity index (χ0n) is 6.14. The zero-order chi connectivity index (χ0) is 7.44. The van der Waals surface area contributed by atoms with Crippen LogP contribution in [0.3, 0.4) is 0 Å². The molecule has 0 radical (unpaired) electrons. The molecule has 0 aliphatic heterocycles. The summed E-state index contributed by atoms with van der Waals surface area (Å²) < 4.78 is 0. The van der Waals surface area contributed by atoms with Gasteiger partial charge in [0.15, 0.2) is 0 Å². The molecule has 0 aromatic rings. The van der Waals surface area contributed by atoms with Crippen molar-refractivity contribution < 1.29 is 4.79 Å². The number of hydrogen-bond donors (Lipinski definition) is 1. The Hall–Kier alpha value is -0.790. The van der Waals surface area contributed by atoms with Crippen LogP contribution in [0.2, 0.25) is 0 Å². The van der Waals surface area contributed by atoms with Crippen LogP contribution < -0.4 is 5.73 Å². The molecule has 52 valence electrons. The molecule has 0 saturated heterocycles. The summed E-state index contributed by atoms with van der Waals surface area (Å²) in [5.41, 5.74) is 5.62. The Balaban J connectivity index is 4.00. The number of rotatable bonds is 2. The first-order valence-electron chi connectivity index (χ1n) is 3.02. The highest BCUT2D eigenvalue weighted by atomic mass is 16.1. The predicted molar refractivity (Wildman–Crippen MR) is 37.8 cm³/mol. The van der Waals surface area contributed by atoms with Gasteiger partial charge in [-0.15, -0.1) is 0 Å². The van der Waals surface area contributed by atoms with E-state index >= 15 is 0 Å². The van der Waals surface area contributed by atoms with Crippen LogP contribution in [-0.4, -0.2) is 5.91 Å². The van der Waals surface area contributed by atoms with Crippen molar-refractivity contribution in [3.63, 3.8) is 0 Å². The first-order valence-corrected chi connectivity index (χ1v) is 3.02. The van der Waals surface area contributed by atoms with Gasteiger partial charge in [0.2, 0.25) is 5.91 Å². The van der Waals surface area contributed by atoms with Gasteiger partial charge in [0, 0.05) is 5.57 Å². The molecular weight excluding hydrogens is 114 g/mol. The Labute approximate surface area is 55.7 Å². The van der Waals surface area contributed by atoms with Crippen molar-refractivity contribution in [3.8, 4) is 0 Å². The molecule has 0 fully saturated rings. The second-order valence-electron chi connectivity index (χ2n) is 2.46. The standard InChI is InChI=1S/C7H13NO/c1-5(2)4-6(3)7(8)9/h4-5H,1-3H3,(H2,8,9)/b6-4+. The molecule has 0 aromatic carbocycles. The quantitative estimate of drug-likeness (QED) is 0.554. The molecule has 1 amide bonds. The molecule has 0 bridgehead atoms. The van der Waals surface area contributed by atoms with Gasteiger partial charge in [-0.2, -0.15) is 0 Å². The van der Waals surface area contributed by atoms with E-state index in [1.54, 1.807) is 6.92 Å². The van der Waals surface area contributed by atoms with Gasteiger partial charge in [-0.05, 0) is 12.8 Å². The van der Waals surface area contributed by atoms with E-state index in [1.807, 2.05) is 19.9 Å². The van der Waals surface area contributed by atoms with E-state index in [0.29, 0.717) is 11.5 Å². The third-order valence-electron chi connectivity index (χ3n) is 0.972. The molecular formula is C7H13NO. The summed E-state index contributed by atoms with van der Waals surface area (Å²) in [6, 6.07) is 0. The van der Waals surface area contributed by atoms with E-state index in [9.17, 15) is 4.79 Å².